The quantitative estimate of drug-likeness (QED) is 0.514. The highest BCUT2D eigenvalue weighted by Crippen LogP contribution is 2.50. The fraction of sp³-hybridized carbons (Fsp3) is 0.875. The zero-order chi connectivity index (χ0) is 12.5. The van der Waals surface area contributed by atoms with Crippen LogP contribution in [0.3, 0.4) is 0 Å². The molecule has 0 aromatic rings. The average Bonchev–Trinajstić information content (AvgIpc) is 2.97. The maximum Gasteiger partial charge on any atom is 0.0983 e. The molecule has 1 spiro atoms. The molecule has 0 radical (unpaired) electrons. The van der Waals surface area contributed by atoms with Gasteiger partial charge in [0.05, 0.1) is 12.2 Å². The molecule has 0 aromatic carbocycles. The van der Waals surface area contributed by atoms with E-state index in [0.717, 1.165) is 18.4 Å². The van der Waals surface area contributed by atoms with E-state index in [1.165, 1.54) is 32.1 Å². The van der Waals surface area contributed by atoms with Gasteiger partial charge in [-0.15, -0.1) is 0 Å². The third kappa shape index (κ3) is 3.13. The van der Waals surface area contributed by atoms with Crippen LogP contribution in [0.4, 0.5) is 0 Å². The maximum atomic E-state index is 5.83. The molecule has 2 aliphatic rings. The molecule has 2 fully saturated rings. The van der Waals surface area contributed by atoms with E-state index in [-0.39, 0.29) is 5.60 Å². The first kappa shape index (κ1) is 13.1. The molecule has 3 unspecified atom stereocenters. The monoisotopic (exact) mass is 236 g/mol. The van der Waals surface area contributed by atoms with Crippen molar-refractivity contribution in [3.63, 3.8) is 0 Å². The zero-order valence-corrected chi connectivity index (χ0v) is 12.0. The van der Waals surface area contributed by atoms with Gasteiger partial charge in [-0.3, -0.25) is 0 Å². The molecule has 1 nitrogen and oxygen atoms in total. The van der Waals surface area contributed by atoms with Gasteiger partial charge in [0.1, 0.15) is 0 Å². The molecule has 17 heavy (non-hydrogen) atoms. The lowest BCUT2D eigenvalue weighted by molar-refractivity contribution is 0.148. The van der Waals surface area contributed by atoms with Crippen LogP contribution in [0, 0.1) is 17.8 Å². The fourth-order valence-electron chi connectivity index (χ4n) is 3.39. The van der Waals surface area contributed by atoms with Gasteiger partial charge in [-0.05, 0) is 50.9 Å². The summed E-state index contributed by atoms with van der Waals surface area (Å²) in [5.74, 6) is 2.39. The van der Waals surface area contributed by atoms with E-state index in [1.807, 2.05) is 0 Å². The lowest BCUT2D eigenvalue weighted by Gasteiger charge is -2.33. The molecule has 0 N–H and O–H groups in total. The smallest absolute Gasteiger partial charge is 0.0983 e. The Morgan fingerprint density at radius 3 is 2.71 bits per heavy atom. The third-order valence-electron chi connectivity index (χ3n) is 4.55. The lowest BCUT2D eigenvalue weighted by Crippen LogP contribution is -2.32. The summed E-state index contributed by atoms with van der Waals surface area (Å²) in [4.78, 5) is 0. The molecule has 1 heteroatoms. The van der Waals surface area contributed by atoms with Gasteiger partial charge >= 0.3 is 0 Å². The topological polar surface area (TPSA) is 12.5 Å². The maximum absolute atomic E-state index is 5.83. The van der Waals surface area contributed by atoms with Crippen molar-refractivity contribution < 1.29 is 4.74 Å². The van der Waals surface area contributed by atoms with Crippen molar-refractivity contribution in [1.82, 2.24) is 0 Å². The van der Waals surface area contributed by atoms with Crippen LogP contribution < -0.4 is 0 Å². The highest BCUT2D eigenvalue weighted by Gasteiger charge is 2.54. The molecule has 0 aromatic heterocycles. The van der Waals surface area contributed by atoms with Gasteiger partial charge in [0.15, 0.2) is 0 Å². The Labute approximate surface area is 107 Å². The van der Waals surface area contributed by atoms with E-state index in [4.69, 9.17) is 4.74 Å². The van der Waals surface area contributed by atoms with Gasteiger partial charge in [0.2, 0.25) is 0 Å². The molecule has 1 saturated carbocycles. The van der Waals surface area contributed by atoms with Gasteiger partial charge < -0.3 is 4.74 Å². The summed E-state index contributed by atoms with van der Waals surface area (Å²) in [6.45, 7) is 10.3. The number of allylic oxidation sites excluding steroid dienone is 1. The molecule has 1 aliphatic carbocycles. The van der Waals surface area contributed by atoms with Crippen molar-refractivity contribution in [2.75, 3.05) is 6.61 Å². The first-order valence-electron chi connectivity index (χ1n) is 7.34. The Balaban J connectivity index is 1.92. The molecule has 1 saturated heterocycles. The van der Waals surface area contributed by atoms with Gasteiger partial charge in [-0.2, -0.15) is 0 Å². The van der Waals surface area contributed by atoms with E-state index >= 15 is 0 Å². The van der Waals surface area contributed by atoms with Crippen LogP contribution in [0.15, 0.2) is 11.6 Å². The number of hydrogen-bond acceptors (Lipinski definition) is 1. The van der Waals surface area contributed by atoms with E-state index in [2.05, 4.69) is 33.8 Å². The van der Waals surface area contributed by atoms with Crippen LogP contribution in [-0.4, -0.2) is 12.2 Å². The largest absolute Gasteiger partial charge is 0.369 e. The van der Waals surface area contributed by atoms with Gasteiger partial charge in [0, 0.05) is 5.92 Å². The number of hydrogen-bond donors (Lipinski definition) is 0. The second-order valence-corrected chi connectivity index (χ2v) is 6.71. The average molecular weight is 236 g/mol. The first-order chi connectivity index (χ1) is 8.03. The Hall–Kier alpha value is -0.300. The highest BCUT2D eigenvalue weighted by atomic mass is 16.6. The normalized spacial score (nSPS) is 37.8. The standard InChI is InChI=1S/C16H28O/c1-12(2)6-5-7-14(4)15-9-8-13(3)10-16(15)11-17-16/h7,12-13,15H,5-6,8-11H2,1-4H3/b14-7+. The minimum atomic E-state index is 0.260. The van der Waals surface area contributed by atoms with E-state index in [0.29, 0.717) is 5.92 Å². The zero-order valence-electron chi connectivity index (χ0n) is 12.0. The van der Waals surface area contributed by atoms with Crippen LogP contribution in [0.2, 0.25) is 0 Å². The summed E-state index contributed by atoms with van der Waals surface area (Å²) in [5.41, 5.74) is 1.85. The highest BCUT2D eigenvalue weighted by molar-refractivity contribution is 5.17. The van der Waals surface area contributed by atoms with Crippen LogP contribution in [0.25, 0.3) is 0 Å². The Morgan fingerprint density at radius 1 is 1.41 bits per heavy atom. The Morgan fingerprint density at radius 2 is 2.12 bits per heavy atom. The molecule has 2 rings (SSSR count). The minimum absolute atomic E-state index is 0.260. The summed E-state index contributed by atoms with van der Waals surface area (Å²) in [6, 6.07) is 0. The Kier molecular flexibility index (Phi) is 3.97. The van der Waals surface area contributed by atoms with Crippen molar-refractivity contribution in [3.8, 4) is 0 Å². The second-order valence-electron chi connectivity index (χ2n) is 6.71. The molecule has 98 valence electrons. The number of ether oxygens (including phenoxy) is 1. The second kappa shape index (κ2) is 5.14. The van der Waals surface area contributed by atoms with Gasteiger partial charge in [-0.1, -0.05) is 32.4 Å². The van der Waals surface area contributed by atoms with Crippen LogP contribution in [0.1, 0.15) is 59.8 Å². The summed E-state index contributed by atoms with van der Waals surface area (Å²) < 4.78 is 5.83. The summed E-state index contributed by atoms with van der Waals surface area (Å²) >= 11 is 0. The summed E-state index contributed by atoms with van der Waals surface area (Å²) in [5, 5.41) is 0. The minimum Gasteiger partial charge on any atom is -0.369 e. The predicted octanol–water partition coefficient (Wildman–Crippen LogP) is 4.57. The van der Waals surface area contributed by atoms with Crippen LogP contribution in [-0.2, 0) is 4.74 Å². The molecule has 0 amide bonds. The SMILES string of the molecule is C/C(=C\CCC(C)C)C1CCC(C)CC12CO2. The lowest BCUT2D eigenvalue weighted by atomic mass is 9.71. The first-order valence-corrected chi connectivity index (χ1v) is 7.34. The molecular formula is C16H28O. The molecular weight excluding hydrogens is 208 g/mol. The molecule has 1 heterocycles. The fourth-order valence-corrected chi connectivity index (χ4v) is 3.39. The van der Waals surface area contributed by atoms with Crippen LogP contribution in [0.5, 0.6) is 0 Å². The summed E-state index contributed by atoms with van der Waals surface area (Å²) in [6.07, 6.45) is 9.04. The van der Waals surface area contributed by atoms with Crippen LogP contribution >= 0.6 is 0 Å². The number of epoxide rings is 1. The van der Waals surface area contributed by atoms with E-state index in [9.17, 15) is 0 Å². The molecule has 3 atom stereocenters. The third-order valence-corrected chi connectivity index (χ3v) is 4.55. The van der Waals surface area contributed by atoms with Crippen molar-refractivity contribution in [2.24, 2.45) is 17.8 Å². The number of rotatable bonds is 4. The summed E-state index contributed by atoms with van der Waals surface area (Å²) in [7, 11) is 0. The Bertz CT molecular complexity index is 286. The van der Waals surface area contributed by atoms with Gasteiger partial charge in [0.25, 0.3) is 0 Å². The van der Waals surface area contributed by atoms with E-state index in [1.54, 1.807) is 5.57 Å². The van der Waals surface area contributed by atoms with Crippen molar-refractivity contribution in [2.45, 2.75) is 65.4 Å². The van der Waals surface area contributed by atoms with Crippen molar-refractivity contribution >= 4 is 0 Å². The van der Waals surface area contributed by atoms with Crippen molar-refractivity contribution in [3.05, 3.63) is 11.6 Å². The molecule has 1 aliphatic heterocycles. The van der Waals surface area contributed by atoms with Crippen molar-refractivity contribution in [1.29, 1.82) is 0 Å². The van der Waals surface area contributed by atoms with Gasteiger partial charge in [-0.25, -0.2) is 0 Å². The van der Waals surface area contributed by atoms with E-state index < -0.39 is 0 Å². The molecule has 0 bridgehead atoms. The predicted molar refractivity (Wildman–Crippen MR) is 73.0 cm³/mol.